The van der Waals surface area contributed by atoms with E-state index in [2.05, 4.69) is 335 Å². The molecule has 4 heterocycles. The van der Waals surface area contributed by atoms with E-state index >= 15 is 0 Å². The third-order valence-corrected chi connectivity index (χ3v) is 17.4. The molecule has 0 N–H and O–H groups in total. The van der Waals surface area contributed by atoms with Crippen molar-refractivity contribution < 1.29 is 0 Å². The van der Waals surface area contributed by atoms with Gasteiger partial charge in [-0.05, 0) is 154 Å². The minimum Gasteiger partial charge on any atom is -0.295 e. The maximum Gasteiger partial charge on any atom is 0.124 e. The highest BCUT2D eigenvalue weighted by Crippen LogP contribution is 2.54. The number of hydrogen-bond acceptors (Lipinski definition) is 2. The highest BCUT2D eigenvalue weighted by Gasteiger charge is 2.32. The Bertz CT molecular complexity index is 4580. The summed E-state index contributed by atoms with van der Waals surface area (Å²) < 4.78 is 9.83. The first-order chi connectivity index (χ1) is 41.4. The normalized spacial score (nSPS) is 12.0. The van der Waals surface area contributed by atoms with Gasteiger partial charge in [-0.2, -0.15) is 0 Å². The maximum absolute atomic E-state index is 2.57. The minimum absolute atomic E-state index is 0.179. The molecule has 0 spiro atoms. The second-order valence-corrected chi connectivity index (χ2v) is 23.0. The van der Waals surface area contributed by atoms with Gasteiger partial charge in [0.15, 0.2) is 0 Å². The number of anilines is 6. The van der Waals surface area contributed by atoms with E-state index in [1.54, 1.807) is 0 Å². The molecule has 0 radical (unpaired) electrons. The SMILES string of the molecule is CC(C)c1cc(N(c2cc3ccccc3n2-c2ccccc2)c2cc3ccccc3n2-c2ccccc2)c2ccc3c(C(C)C)cc(N(c4cc5ccccc5n4-c4ccccc4)c4cc5ccccc5n4-c4ccccc4)c4ccc1c2c34. The van der Waals surface area contributed by atoms with Crippen molar-refractivity contribution in [1.29, 1.82) is 0 Å². The molecule has 84 heavy (non-hydrogen) atoms. The number of benzene rings is 12. The van der Waals surface area contributed by atoms with E-state index < -0.39 is 0 Å². The molecule has 4 aromatic heterocycles. The minimum atomic E-state index is 0.179. The molecule has 0 saturated heterocycles. The van der Waals surface area contributed by atoms with Crippen LogP contribution in [0.4, 0.5) is 34.6 Å². The lowest BCUT2D eigenvalue weighted by Crippen LogP contribution is -2.19. The summed E-state index contributed by atoms with van der Waals surface area (Å²) in [5.74, 6) is 4.54. The summed E-state index contributed by atoms with van der Waals surface area (Å²) in [6.07, 6.45) is 0. The first-order valence-electron chi connectivity index (χ1n) is 29.4. The molecule has 16 rings (SSSR count). The van der Waals surface area contributed by atoms with Gasteiger partial charge in [-0.3, -0.25) is 28.1 Å². The van der Waals surface area contributed by atoms with Crippen molar-refractivity contribution in [2.45, 2.75) is 39.5 Å². The van der Waals surface area contributed by atoms with Gasteiger partial charge in [0.25, 0.3) is 0 Å². The van der Waals surface area contributed by atoms with Crippen LogP contribution in [0, 0.1) is 0 Å². The quantitative estimate of drug-likeness (QED) is 0.114. The van der Waals surface area contributed by atoms with Crippen LogP contribution >= 0.6 is 0 Å². The zero-order valence-corrected chi connectivity index (χ0v) is 47.4. The molecule has 0 aliphatic rings. The van der Waals surface area contributed by atoms with E-state index in [1.165, 1.54) is 43.4 Å². The molecule has 12 aromatic carbocycles. The monoisotopic (exact) mass is 1080 g/mol. The fourth-order valence-corrected chi connectivity index (χ4v) is 13.7. The van der Waals surface area contributed by atoms with Crippen molar-refractivity contribution in [3.8, 4) is 22.7 Å². The molecule has 0 aliphatic carbocycles. The zero-order chi connectivity index (χ0) is 56.2. The smallest absolute Gasteiger partial charge is 0.124 e. The summed E-state index contributed by atoms with van der Waals surface area (Å²) in [6.45, 7) is 9.44. The molecule has 6 nitrogen and oxygen atoms in total. The van der Waals surface area contributed by atoms with E-state index in [0.29, 0.717) is 0 Å². The molecule has 0 fully saturated rings. The van der Waals surface area contributed by atoms with E-state index in [4.69, 9.17) is 0 Å². The summed E-state index contributed by atoms with van der Waals surface area (Å²) in [4.78, 5) is 5.15. The van der Waals surface area contributed by atoms with Crippen molar-refractivity contribution in [3.63, 3.8) is 0 Å². The third kappa shape index (κ3) is 7.64. The molecule has 16 aromatic rings. The fourth-order valence-electron chi connectivity index (χ4n) is 13.7. The summed E-state index contributed by atoms with van der Waals surface area (Å²) in [5, 5.41) is 12.1. The Kier molecular flexibility index (Phi) is 11.5. The second-order valence-electron chi connectivity index (χ2n) is 23.0. The Morgan fingerprint density at radius 3 is 0.750 bits per heavy atom. The second kappa shape index (κ2) is 19.6. The number of nitrogens with zero attached hydrogens (tertiary/aromatic N) is 6. The maximum atomic E-state index is 2.57. The van der Waals surface area contributed by atoms with Gasteiger partial charge >= 0.3 is 0 Å². The summed E-state index contributed by atoms with van der Waals surface area (Å²) in [7, 11) is 0. The van der Waals surface area contributed by atoms with Gasteiger partial charge in [0.2, 0.25) is 0 Å². The van der Waals surface area contributed by atoms with Gasteiger partial charge in [0, 0.05) is 55.1 Å². The first-order valence-corrected chi connectivity index (χ1v) is 29.4. The first kappa shape index (κ1) is 49.3. The predicted molar refractivity (Wildman–Crippen MR) is 355 cm³/mol. The molecule has 6 heteroatoms. The van der Waals surface area contributed by atoms with Gasteiger partial charge in [0.1, 0.15) is 23.3 Å². The molecular formula is C78H60N6. The summed E-state index contributed by atoms with van der Waals surface area (Å²) >= 11 is 0. The van der Waals surface area contributed by atoms with Crippen LogP contribution < -0.4 is 9.80 Å². The van der Waals surface area contributed by atoms with Crippen molar-refractivity contribution >= 4 is 111 Å². The third-order valence-electron chi connectivity index (χ3n) is 17.4. The molecule has 0 bridgehead atoms. The lowest BCUT2D eigenvalue weighted by Gasteiger charge is -2.32. The summed E-state index contributed by atoms with van der Waals surface area (Å²) in [5.41, 5.74) is 13.7. The molecule has 0 atom stereocenters. The van der Waals surface area contributed by atoms with Crippen molar-refractivity contribution in [2.24, 2.45) is 0 Å². The van der Waals surface area contributed by atoms with Gasteiger partial charge in [-0.1, -0.05) is 198 Å². The van der Waals surface area contributed by atoms with Crippen LogP contribution in [0.5, 0.6) is 0 Å². The molecule has 0 amide bonds. The van der Waals surface area contributed by atoms with Gasteiger partial charge in [-0.25, -0.2) is 0 Å². The Morgan fingerprint density at radius 2 is 0.488 bits per heavy atom. The standard InChI is InChI=1S/C78H60N6/c1-51(2)65-49-71(83(73-45-53-25-17-21-37-67(53)79(73)57-29-9-5-10-30-57)74-46-54-26-18-22-38-68(54)80(74)58-31-11-6-12-32-58)63-44-42-62-66(52(3)4)50-72(64-43-41-61(65)77(63)78(62)64)84(75-47-55-27-19-23-39-69(55)81(75)59-33-13-7-14-34-59)76-48-56-28-20-24-40-70(56)82(76)60-35-15-8-16-36-60/h5-52H,1-4H3. The molecule has 0 unspecified atom stereocenters. The van der Waals surface area contributed by atoms with Gasteiger partial charge in [-0.15, -0.1) is 0 Å². The number of hydrogen-bond donors (Lipinski definition) is 0. The van der Waals surface area contributed by atoms with E-state index in [0.717, 1.165) is 101 Å². The fraction of sp³-hybridized carbons (Fsp3) is 0.0769. The van der Waals surface area contributed by atoms with Gasteiger partial charge < -0.3 is 0 Å². The lowest BCUT2D eigenvalue weighted by atomic mass is 9.84. The van der Waals surface area contributed by atoms with E-state index in [9.17, 15) is 0 Å². The van der Waals surface area contributed by atoms with E-state index in [1.807, 2.05) is 0 Å². The number of aromatic nitrogens is 4. The largest absolute Gasteiger partial charge is 0.295 e. The number of para-hydroxylation sites is 8. The average molecular weight is 1080 g/mol. The van der Waals surface area contributed by atoms with Crippen molar-refractivity contribution in [3.05, 3.63) is 290 Å². The van der Waals surface area contributed by atoms with Crippen molar-refractivity contribution in [2.75, 3.05) is 9.80 Å². The van der Waals surface area contributed by atoms with E-state index in [-0.39, 0.29) is 11.8 Å². The highest BCUT2D eigenvalue weighted by molar-refractivity contribution is 6.29. The Labute approximate surface area is 488 Å². The van der Waals surface area contributed by atoms with Crippen LogP contribution in [-0.4, -0.2) is 18.3 Å². The van der Waals surface area contributed by atoms with Crippen molar-refractivity contribution in [1.82, 2.24) is 18.3 Å². The molecular weight excluding hydrogens is 1020 g/mol. The summed E-state index contributed by atoms with van der Waals surface area (Å²) in [6, 6.07) is 103. The predicted octanol–water partition coefficient (Wildman–Crippen LogP) is 21.5. The van der Waals surface area contributed by atoms with Crippen LogP contribution in [0.2, 0.25) is 0 Å². The van der Waals surface area contributed by atoms with Crippen LogP contribution in [0.1, 0.15) is 50.7 Å². The van der Waals surface area contributed by atoms with Crippen LogP contribution in [0.3, 0.4) is 0 Å². The molecule has 402 valence electrons. The molecule has 0 saturated carbocycles. The van der Waals surface area contributed by atoms with Crippen LogP contribution in [0.15, 0.2) is 279 Å². The number of fused-ring (bicyclic) bond motifs is 4. The highest BCUT2D eigenvalue weighted by atomic mass is 15.3. The Balaban J connectivity index is 1.07. The van der Waals surface area contributed by atoms with Gasteiger partial charge in [0.05, 0.1) is 33.4 Å². The topological polar surface area (TPSA) is 26.2 Å². The average Bonchev–Trinajstić information content (AvgIpc) is 1.12. The molecule has 0 aliphatic heterocycles. The number of rotatable bonds is 12. The van der Waals surface area contributed by atoms with Crippen LogP contribution in [-0.2, 0) is 0 Å². The Hall–Kier alpha value is -10.6. The van der Waals surface area contributed by atoms with Crippen LogP contribution in [0.25, 0.3) is 98.7 Å². The zero-order valence-electron chi connectivity index (χ0n) is 47.4. The lowest BCUT2D eigenvalue weighted by molar-refractivity contribution is 0.875. The Morgan fingerprint density at radius 1 is 0.250 bits per heavy atom.